The van der Waals surface area contributed by atoms with Crippen molar-refractivity contribution in [1.29, 1.82) is 0 Å². The van der Waals surface area contributed by atoms with Crippen LogP contribution in [0.4, 0.5) is 0 Å². The van der Waals surface area contributed by atoms with Gasteiger partial charge >= 0.3 is 5.97 Å². The van der Waals surface area contributed by atoms with Crippen molar-refractivity contribution in [1.82, 2.24) is 0 Å². The van der Waals surface area contributed by atoms with Gasteiger partial charge in [-0.05, 0) is 29.8 Å². The fourth-order valence-electron chi connectivity index (χ4n) is 2.23. The molecule has 0 saturated carbocycles. The number of ether oxygens (including phenoxy) is 1. The van der Waals surface area contributed by atoms with E-state index in [0.29, 0.717) is 15.8 Å². The van der Waals surface area contributed by atoms with Crippen molar-refractivity contribution in [2.45, 2.75) is 0 Å². The Morgan fingerprint density at radius 1 is 0.826 bits per heavy atom. The molecule has 0 aromatic heterocycles. The second-order valence-electron chi connectivity index (χ2n) is 4.87. The predicted molar refractivity (Wildman–Crippen MR) is 95.1 cm³/mol. The van der Waals surface area contributed by atoms with Crippen LogP contribution in [0, 0.1) is 0 Å². The van der Waals surface area contributed by atoms with Crippen LogP contribution in [-0.4, -0.2) is 5.97 Å². The molecule has 0 aliphatic heterocycles. The van der Waals surface area contributed by atoms with Crippen LogP contribution in [-0.2, 0) is 4.79 Å². The third kappa shape index (κ3) is 3.55. The highest BCUT2D eigenvalue weighted by Gasteiger charge is 2.08. The molecule has 0 saturated heterocycles. The molecule has 0 spiro atoms. The number of fused-ring (bicyclic) bond motifs is 1. The maximum absolute atomic E-state index is 12.0. The molecule has 0 amide bonds. The lowest BCUT2D eigenvalue weighted by Gasteiger charge is -2.07. The molecule has 0 aliphatic rings. The van der Waals surface area contributed by atoms with Gasteiger partial charge in [0.15, 0.2) is 0 Å². The van der Waals surface area contributed by atoms with Gasteiger partial charge in [-0.2, -0.15) is 0 Å². The highest BCUT2D eigenvalue weighted by Crippen LogP contribution is 2.31. The maximum Gasteiger partial charge on any atom is 0.336 e. The number of carbonyl (C=O) groups is 1. The van der Waals surface area contributed by atoms with Gasteiger partial charge in [0, 0.05) is 26.9 Å². The standard InChI is InChI=1S/C19H12Cl2O2/c20-16-8-4-1-5-13(16)9-12-19(22)23-18-11-10-17(21)14-6-2-3-7-15(14)18/h1-12H. The van der Waals surface area contributed by atoms with E-state index < -0.39 is 5.97 Å². The maximum atomic E-state index is 12.0. The molecule has 3 aromatic rings. The number of carbonyl (C=O) groups excluding carboxylic acids is 1. The molecular weight excluding hydrogens is 331 g/mol. The molecule has 0 heterocycles. The van der Waals surface area contributed by atoms with Gasteiger partial charge in [-0.25, -0.2) is 4.79 Å². The van der Waals surface area contributed by atoms with Crippen LogP contribution >= 0.6 is 23.2 Å². The summed E-state index contributed by atoms with van der Waals surface area (Å²) in [6, 6.07) is 18.2. The number of benzene rings is 3. The van der Waals surface area contributed by atoms with Gasteiger partial charge in [0.2, 0.25) is 0 Å². The Morgan fingerprint density at radius 3 is 2.30 bits per heavy atom. The molecule has 0 unspecified atom stereocenters. The molecule has 0 aliphatic carbocycles. The number of halogens is 2. The lowest BCUT2D eigenvalue weighted by atomic mass is 10.1. The Morgan fingerprint density at radius 2 is 1.52 bits per heavy atom. The van der Waals surface area contributed by atoms with E-state index in [1.54, 1.807) is 24.3 Å². The Hall–Kier alpha value is -2.29. The largest absolute Gasteiger partial charge is 0.423 e. The zero-order chi connectivity index (χ0) is 16.2. The summed E-state index contributed by atoms with van der Waals surface area (Å²) in [5.41, 5.74) is 0.757. The van der Waals surface area contributed by atoms with Crippen LogP contribution in [0.25, 0.3) is 16.8 Å². The Kier molecular flexibility index (Phi) is 4.65. The van der Waals surface area contributed by atoms with Crippen molar-refractivity contribution >= 4 is 46.0 Å². The molecule has 0 N–H and O–H groups in total. The van der Waals surface area contributed by atoms with E-state index in [0.717, 1.165) is 16.3 Å². The summed E-state index contributed by atoms with van der Waals surface area (Å²) in [6.07, 6.45) is 2.98. The normalized spacial score (nSPS) is 11.0. The molecule has 3 rings (SSSR count). The summed E-state index contributed by atoms with van der Waals surface area (Å²) < 4.78 is 5.42. The summed E-state index contributed by atoms with van der Waals surface area (Å²) >= 11 is 12.2. The molecule has 23 heavy (non-hydrogen) atoms. The Bertz CT molecular complexity index is 901. The number of hydrogen-bond acceptors (Lipinski definition) is 2. The number of rotatable bonds is 3. The van der Waals surface area contributed by atoms with E-state index in [2.05, 4.69) is 0 Å². The third-order valence-corrected chi connectivity index (χ3v) is 4.02. The van der Waals surface area contributed by atoms with Crippen molar-refractivity contribution in [2.75, 3.05) is 0 Å². The lowest BCUT2D eigenvalue weighted by Crippen LogP contribution is -2.04. The minimum atomic E-state index is -0.475. The second-order valence-corrected chi connectivity index (χ2v) is 5.68. The topological polar surface area (TPSA) is 26.3 Å². The van der Waals surface area contributed by atoms with Crippen LogP contribution in [0.15, 0.2) is 66.7 Å². The second kappa shape index (κ2) is 6.86. The molecular formula is C19H12Cl2O2. The van der Waals surface area contributed by atoms with Gasteiger partial charge in [-0.15, -0.1) is 0 Å². The third-order valence-electron chi connectivity index (χ3n) is 3.35. The molecule has 0 fully saturated rings. The number of hydrogen-bond donors (Lipinski definition) is 0. The van der Waals surface area contributed by atoms with E-state index in [-0.39, 0.29) is 0 Å². The van der Waals surface area contributed by atoms with Crippen molar-refractivity contribution < 1.29 is 9.53 Å². The molecule has 2 nitrogen and oxygen atoms in total. The van der Waals surface area contributed by atoms with Crippen molar-refractivity contribution in [3.05, 3.63) is 82.3 Å². The summed E-state index contributed by atoms with van der Waals surface area (Å²) in [5.74, 6) is -0.00351. The van der Waals surface area contributed by atoms with Crippen LogP contribution in [0.2, 0.25) is 10.0 Å². The van der Waals surface area contributed by atoms with Gasteiger partial charge in [0.05, 0.1) is 0 Å². The smallest absolute Gasteiger partial charge is 0.336 e. The van der Waals surface area contributed by atoms with E-state index >= 15 is 0 Å². The quantitative estimate of drug-likeness (QED) is 0.343. The lowest BCUT2D eigenvalue weighted by molar-refractivity contribution is -0.128. The molecule has 4 heteroatoms. The van der Waals surface area contributed by atoms with Crippen LogP contribution in [0.5, 0.6) is 5.75 Å². The highest BCUT2D eigenvalue weighted by molar-refractivity contribution is 6.35. The fourth-order valence-corrected chi connectivity index (χ4v) is 2.66. The summed E-state index contributed by atoms with van der Waals surface area (Å²) in [5, 5.41) is 2.83. The molecule has 0 bridgehead atoms. The van der Waals surface area contributed by atoms with Crippen molar-refractivity contribution in [3.8, 4) is 5.75 Å². The molecule has 0 radical (unpaired) electrons. The summed E-state index contributed by atoms with van der Waals surface area (Å²) in [7, 11) is 0. The first kappa shape index (κ1) is 15.6. The van der Waals surface area contributed by atoms with Crippen molar-refractivity contribution in [3.63, 3.8) is 0 Å². The summed E-state index contributed by atoms with van der Waals surface area (Å²) in [4.78, 5) is 12.0. The highest BCUT2D eigenvalue weighted by atomic mass is 35.5. The average Bonchev–Trinajstić information content (AvgIpc) is 2.57. The SMILES string of the molecule is O=C(C=Cc1ccccc1Cl)Oc1ccc(Cl)c2ccccc12. The first-order valence-corrected chi connectivity index (χ1v) is 7.72. The molecule has 3 aromatic carbocycles. The molecule has 0 atom stereocenters. The minimum Gasteiger partial charge on any atom is -0.423 e. The molecule has 114 valence electrons. The van der Waals surface area contributed by atoms with Crippen LogP contribution < -0.4 is 4.74 Å². The fraction of sp³-hybridized carbons (Fsp3) is 0. The van der Waals surface area contributed by atoms with E-state index in [1.165, 1.54) is 6.08 Å². The predicted octanol–water partition coefficient (Wildman–Crippen LogP) is 5.77. The van der Waals surface area contributed by atoms with Gasteiger partial charge in [-0.3, -0.25) is 0 Å². The zero-order valence-electron chi connectivity index (χ0n) is 12.0. The summed E-state index contributed by atoms with van der Waals surface area (Å²) in [6.45, 7) is 0. The van der Waals surface area contributed by atoms with Crippen LogP contribution in [0.1, 0.15) is 5.56 Å². The first-order chi connectivity index (χ1) is 11.1. The van der Waals surface area contributed by atoms with Gasteiger partial charge in [0.25, 0.3) is 0 Å². The monoisotopic (exact) mass is 342 g/mol. The average molecular weight is 343 g/mol. The van der Waals surface area contributed by atoms with E-state index in [1.807, 2.05) is 42.5 Å². The Labute approximate surface area is 143 Å². The van der Waals surface area contributed by atoms with Gasteiger partial charge in [-0.1, -0.05) is 65.7 Å². The van der Waals surface area contributed by atoms with Crippen LogP contribution in [0.3, 0.4) is 0 Å². The van der Waals surface area contributed by atoms with E-state index in [4.69, 9.17) is 27.9 Å². The van der Waals surface area contributed by atoms with E-state index in [9.17, 15) is 4.79 Å². The van der Waals surface area contributed by atoms with Gasteiger partial charge in [0.1, 0.15) is 5.75 Å². The number of esters is 1. The Balaban J connectivity index is 1.84. The zero-order valence-corrected chi connectivity index (χ0v) is 13.5. The first-order valence-electron chi connectivity index (χ1n) is 6.97. The van der Waals surface area contributed by atoms with Crippen molar-refractivity contribution in [2.24, 2.45) is 0 Å². The minimum absolute atomic E-state index is 0.471. The van der Waals surface area contributed by atoms with Gasteiger partial charge < -0.3 is 4.74 Å².